The van der Waals surface area contributed by atoms with Crippen LogP contribution in [0.1, 0.15) is 4.88 Å². The molecule has 3 aromatic heterocycles. The molecular weight excluding hydrogens is 276 g/mol. The van der Waals surface area contributed by atoms with Crippen molar-refractivity contribution in [1.29, 1.82) is 0 Å². The molecule has 3 rings (SSSR count). The number of thiophene rings is 1. The Morgan fingerprint density at radius 1 is 1.05 bits per heavy atom. The van der Waals surface area contributed by atoms with Crippen molar-refractivity contribution in [1.82, 2.24) is 18.7 Å². The van der Waals surface area contributed by atoms with Gasteiger partial charge in [-0.05, 0) is 19.1 Å². The third-order valence-electron chi connectivity index (χ3n) is 3.42. The average molecular weight is 290 g/mol. The molecule has 20 heavy (non-hydrogen) atoms. The third kappa shape index (κ3) is 1.59. The average Bonchev–Trinajstić information content (AvgIpc) is 2.98. The Hall–Kier alpha value is -2.15. The van der Waals surface area contributed by atoms with E-state index >= 15 is 0 Å². The van der Waals surface area contributed by atoms with Gasteiger partial charge in [-0.1, -0.05) is 0 Å². The summed E-state index contributed by atoms with van der Waals surface area (Å²) in [7, 11) is 4.93. The standard InChI is InChI=1S/C13H14N4O2S/c1-7-5-6-8(20-7)10-14-9-11(15(10)2)16(3)13(19)17(4)12(9)18/h5-6H,1-4H3. The molecule has 0 N–H and O–H groups in total. The van der Waals surface area contributed by atoms with E-state index in [-0.39, 0.29) is 11.2 Å². The lowest BCUT2D eigenvalue weighted by Gasteiger charge is -2.05. The van der Waals surface area contributed by atoms with Crippen molar-refractivity contribution < 1.29 is 0 Å². The Bertz CT molecular complexity index is 942. The molecule has 0 fully saturated rings. The number of rotatable bonds is 1. The number of hydrogen-bond donors (Lipinski definition) is 0. The highest BCUT2D eigenvalue weighted by Crippen LogP contribution is 2.28. The fraction of sp³-hybridized carbons (Fsp3) is 0.308. The minimum Gasteiger partial charge on any atom is -0.312 e. The highest BCUT2D eigenvalue weighted by atomic mass is 32.1. The number of aromatic nitrogens is 4. The molecule has 0 radical (unpaired) electrons. The molecule has 104 valence electrons. The zero-order valence-electron chi connectivity index (χ0n) is 11.7. The van der Waals surface area contributed by atoms with Crippen molar-refractivity contribution in [3.05, 3.63) is 37.8 Å². The molecule has 3 heterocycles. The topological polar surface area (TPSA) is 61.8 Å². The van der Waals surface area contributed by atoms with E-state index in [2.05, 4.69) is 4.98 Å². The molecule has 3 aromatic rings. The zero-order chi connectivity index (χ0) is 14.6. The molecule has 0 aliphatic rings. The first-order valence-electron chi connectivity index (χ1n) is 6.11. The maximum Gasteiger partial charge on any atom is 0.332 e. The molecule has 0 atom stereocenters. The monoisotopic (exact) mass is 290 g/mol. The van der Waals surface area contributed by atoms with Crippen molar-refractivity contribution in [2.75, 3.05) is 0 Å². The van der Waals surface area contributed by atoms with Crippen LogP contribution in [0.3, 0.4) is 0 Å². The number of hydrogen-bond acceptors (Lipinski definition) is 4. The SMILES string of the molecule is Cc1ccc(-c2nc3c(=O)n(C)c(=O)n(C)c3n2C)s1. The van der Waals surface area contributed by atoms with Crippen molar-refractivity contribution in [2.45, 2.75) is 6.92 Å². The summed E-state index contributed by atoms with van der Waals surface area (Å²) in [5.41, 5.74) is 0.148. The molecule has 0 aromatic carbocycles. The van der Waals surface area contributed by atoms with Crippen LogP contribution in [0.25, 0.3) is 21.9 Å². The second-order valence-corrected chi connectivity index (χ2v) is 6.07. The van der Waals surface area contributed by atoms with Crippen molar-refractivity contribution in [3.8, 4) is 10.7 Å². The predicted molar refractivity (Wildman–Crippen MR) is 79.2 cm³/mol. The van der Waals surface area contributed by atoms with Crippen LogP contribution in [0.5, 0.6) is 0 Å². The summed E-state index contributed by atoms with van der Waals surface area (Å²) in [4.78, 5) is 30.8. The van der Waals surface area contributed by atoms with E-state index in [9.17, 15) is 9.59 Å². The summed E-state index contributed by atoms with van der Waals surface area (Å²) >= 11 is 1.61. The highest BCUT2D eigenvalue weighted by molar-refractivity contribution is 7.15. The smallest absolute Gasteiger partial charge is 0.312 e. The van der Waals surface area contributed by atoms with Crippen molar-refractivity contribution in [2.24, 2.45) is 21.1 Å². The molecule has 0 unspecified atom stereocenters. The number of aryl methyl sites for hydroxylation is 3. The summed E-state index contributed by atoms with van der Waals surface area (Å²) in [6.45, 7) is 2.02. The molecule has 7 heteroatoms. The van der Waals surface area contributed by atoms with Crippen molar-refractivity contribution in [3.63, 3.8) is 0 Å². The van der Waals surface area contributed by atoms with Gasteiger partial charge < -0.3 is 4.57 Å². The third-order valence-corrected chi connectivity index (χ3v) is 4.42. The Morgan fingerprint density at radius 2 is 1.75 bits per heavy atom. The second kappa shape index (κ2) is 4.17. The van der Waals surface area contributed by atoms with Gasteiger partial charge in [-0.3, -0.25) is 13.9 Å². The fourth-order valence-electron chi connectivity index (χ4n) is 2.35. The lowest BCUT2D eigenvalue weighted by Crippen LogP contribution is -2.37. The molecular formula is C13H14N4O2S. The van der Waals surface area contributed by atoms with Crippen LogP contribution in [0.2, 0.25) is 0 Å². The lowest BCUT2D eigenvalue weighted by atomic mass is 10.4. The number of fused-ring (bicyclic) bond motifs is 1. The molecule has 0 amide bonds. The van der Waals surface area contributed by atoms with Gasteiger partial charge in [0.25, 0.3) is 5.56 Å². The second-order valence-electron chi connectivity index (χ2n) is 4.78. The summed E-state index contributed by atoms with van der Waals surface area (Å²) < 4.78 is 4.33. The van der Waals surface area contributed by atoms with Gasteiger partial charge >= 0.3 is 5.69 Å². The summed E-state index contributed by atoms with van der Waals surface area (Å²) in [5, 5.41) is 0. The molecule has 6 nitrogen and oxygen atoms in total. The number of nitrogens with zero attached hydrogens (tertiary/aromatic N) is 4. The molecule has 0 saturated heterocycles. The molecule has 0 bridgehead atoms. The van der Waals surface area contributed by atoms with E-state index in [1.165, 1.54) is 16.5 Å². The highest BCUT2D eigenvalue weighted by Gasteiger charge is 2.18. The van der Waals surface area contributed by atoms with Crippen LogP contribution in [0.15, 0.2) is 21.7 Å². The Kier molecular flexibility index (Phi) is 2.68. The van der Waals surface area contributed by atoms with Crippen LogP contribution in [-0.4, -0.2) is 18.7 Å². The predicted octanol–water partition coefficient (Wildman–Crippen LogP) is 1.01. The quantitative estimate of drug-likeness (QED) is 0.672. The van der Waals surface area contributed by atoms with Gasteiger partial charge in [-0.15, -0.1) is 11.3 Å². The van der Waals surface area contributed by atoms with E-state index in [4.69, 9.17) is 0 Å². The number of imidazole rings is 1. The van der Waals surface area contributed by atoms with E-state index in [1.54, 1.807) is 23.0 Å². The minimum atomic E-state index is -0.363. The summed E-state index contributed by atoms with van der Waals surface area (Å²) in [6, 6.07) is 3.99. The lowest BCUT2D eigenvalue weighted by molar-refractivity contribution is 0.698. The maximum absolute atomic E-state index is 12.2. The maximum atomic E-state index is 12.2. The molecule has 0 aliphatic carbocycles. The molecule has 0 saturated carbocycles. The normalized spacial score (nSPS) is 11.4. The molecule has 0 aliphatic heterocycles. The zero-order valence-corrected chi connectivity index (χ0v) is 12.5. The largest absolute Gasteiger partial charge is 0.332 e. The van der Waals surface area contributed by atoms with E-state index in [0.29, 0.717) is 17.0 Å². The molecule has 0 spiro atoms. The Balaban J connectivity index is 2.48. The van der Waals surface area contributed by atoms with Gasteiger partial charge in [0.15, 0.2) is 11.3 Å². The Morgan fingerprint density at radius 3 is 2.35 bits per heavy atom. The first kappa shape index (κ1) is 12.9. The summed E-state index contributed by atoms with van der Waals surface area (Å²) in [5.74, 6) is 0.705. The van der Waals surface area contributed by atoms with Crippen LogP contribution in [0, 0.1) is 6.92 Å². The van der Waals surface area contributed by atoms with Crippen LogP contribution < -0.4 is 11.2 Å². The minimum absolute atomic E-state index is 0.318. The van der Waals surface area contributed by atoms with Gasteiger partial charge in [-0.25, -0.2) is 9.78 Å². The fourth-order valence-corrected chi connectivity index (χ4v) is 3.25. The van der Waals surface area contributed by atoms with Crippen molar-refractivity contribution >= 4 is 22.5 Å². The van der Waals surface area contributed by atoms with Crippen LogP contribution in [-0.2, 0) is 21.1 Å². The van der Waals surface area contributed by atoms with Gasteiger partial charge in [0, 0.05) is 26.0 Å². The summed E-state index contributed by atoms with van der Waals surface area (Å²) in [6.07, 6.45) is 0. The van der Waals surface area contributed by atoms with Gasteiger partial charge in [-0.2, -0.15) is 0 Å². The van der Waals surface area contributed by atoms with Crippen LogP contribution >= 0.6 is 11.3 Å². The van der Waals surface area contributed by atoms with Gasteiger partial charge in [0.2, 0.25) is 0 Å². The van der Waals surface area contributed by atoms with E-state index in [0.717, 1.165) is 9.44 Å². The van der Waals surface area contributed by atoms with E-state index < -0.39 is 0 Å². The first-order valence-corrected chi connectivity index (χ1v) is 6.92. The van der Waals surface area contributed by atoms with Crippen LogP contribution in [0.4, 0.5) is 0 Å². The van der Waals surface area contributed by atoms with Gasteiger partial charge in [0.05, 0.1) is 4.88 Å². The Labute approximate surface area is 118 Å². The van der Waals surface area contributed by atoms with E-state index in [1.807, 2.05) is 26.1 Å². The first-order chi connectivity index (χ1) is 9.41. The van der Waals surface area contributed by atoms with Gasteiger partial charge in [0.1, 0.15) is 5.65 Å².